The van der Waals surface area contributed by atoms with Gasteiger partial charge in [-0.3, -0.25) is 4.79 Å². The summed E-state index contributed by atoms with van der Waals surface area (Å²) in [6, 6.07) is 8.38. The fourth-order valence-corrected chi connectivity index (χ4v) is 2.18. The van der Waals surface area contributed by atoms with Crippen LogP contribution in [0.1, 0.15) is 37.3 Å². The summed E-state index contributed by atoms with van der Waals surface area (Å²) in [5, 5.41) is 0. The van der Waals surface area contributed by atoms with E-state index in [0.717, 1.165) is 18.4 Å². The third kappa shape index (κ3) is 3.40. The fourth-order valence-electron chi connectivity index (χ4n) is 2.18. The van der Waals surface area contributed by atoms with Crippen LogP contribution in [-0.2, 0) is 22.4 Å². The summed E-state index contributed by atoms with van der Waals surface area (Å²) in [6.07, 6.45) is 5.11. The van der Waals surface area contributed by atoms with E-state index in [1.54, 1.807) is 6.92 Å². The lowest BCUT2D eigenvalue weighted by Crippen LogP contribution is -2.12. The van der Waals surface area contributed by atoms with Gasteiger partial charge in [-0.05, 0) is 43.7 Å². The highest BCUT2D eigenvalue weighted by molar-refractivity contribution is 5.78. The predicted octanol–water partition coefficient (Wildman–Crippen LogP) is 2.93. The lowest BCUT2D eigenvalue weighted by molar-refractivity contribution is -0.116. The van der Waals surface area contributed by atoms with Crippen molar-refractivity contribution in [2.75, 3.05) is 7.11 Å². The van der Waals surface area contributed by atoms with Crippen molar-refractivity contribution in [3.05, 3.63) is 35.4 Å². The van der Waals surface area contributed by atoms with Crippen LogP contribution in [0.5, 0.6) is 0 Å². The molecule has 1 aliphatic carbocycles. The molecule has 2 heteroatoms. The molecule has 0 aromatic heterocycles. The molecule has 0 atom stereocenters. The van der Waals surface area contributed by atoms with E-state index < -0.39 is 0 Å². The molecule has 0 aliphatic heterocycles. The Kier molecular flexibility index (Phi) is 3.63. The first kappa shape index (κ1) is 12.3. The minimum absolute atomic E-state index is 0.179. The lowest BCUT2D eigenvalue weighted by atomic mass is 10.0. The summed E-state index contributed by atoms with van der Waals surface area (Å²) >= 11 is 0. The van der Waals surface area contributed by atoms with Crippen molar-refractivity contribution >= 4 is 5.78 Å². The van der Waals surface area contributed by atoms with E-state index in [4.69, 9.17) is 4.74 Å². The number of benzene rings is 1. The molecule has 0 radical (unpaired) electrons. The Bertz CT molecular complexity index is 388. The van der Waals surface area contributed by atoms with Gasteiger partial charge in [-0.2, -0.15) is 0 Å². The Hall–Kier alpha value is -1.15. The van der Waals surface area contributed by atoms with Crippen molar-refractivity contribution in [3.63, 3.8) is 0 Å². The van der Waals surface area contributed by atoms with Crippen LogP contribution in [0.2, 0.25) is 0 Å². The highest BCUT2D eigenvalue weighted by Crippen LogP contribution is 2.42. The minimum Gasteiger partial charge on any atom is -0.378 e. The average Bonchev–Trinajstić information content (AvgIpc) is 3.08. The van der Waals surface area contributed by atoms with Crippen LogP contribution >= 0.6 is 0 Å². The Morgan fingerprint density at radius 2 is 1.82 bits per heavy atom. The summed E-state index contributed by atoms with van der Waals surface area (Å²) in [4.78, 5) is 11.0. The molecule has 0 saturated heterocycles. The summed E-state index contributed by atoms with van der Waals surface area (Å²) in [5.74, 6) is 0.217. The van der Waals surface area contributed by atoms with Crippen molar-refractivity contribution in [2.45, 2.75) is 44.6 Å². The Morgan fingerprint density at radius 3 is 2.29 bits per heavy atom. The quantitative estimate of drug-likeness (QED) is 0.753. The molecule has 1 aromatic rings. The summed E-state index contributed by atoms with van der Waals surface area (Å²) in [7, 11) is 1.81. The molecule has 0 unspecified atom stereocenters. The number of hydrogen-bond acceptors (Lipinski definition) is 2. The van der Waals surface area contributed by atoms with Gasteiger partial charge in [-0.1, -0.05) is 24.3 Å². The third-order valence-corrected chi connectivity index (χ3v) is 3.59. The Morgan fingerprint density at radius 1 is 1.24 bits per heavy atom. The highest BCUT2D eigenvalue weighted by atomic mass is 16.5. The maximum absolute atomic E-state index is 11.0. The predicted molar refractivity (Wildman–Crippen MR) is 68.1 cm³/mol. The molecule has 17 heavy (non-hydrogen) atoms. The fraction of sp³-hybridized carbons (Fsp3) is 0.533. The van der Waals surface area contributed by atoms with Crippen molar-refractivity contribution in [1.82, 2.24) is 0 Å². The number of rotatable bonds is 6. The molecule has 1 aliphatic rings. The number of hydrogen-bond donors (Lipinski definition) is 0. The monoisotopic (exact) mass is 232 g/mol. The third-order valence-electron chi connectivity index (χ3n) is 3.59. The summed E-state index contributed by atoms with van der Waals surface area (Å²) in [5.41, 5.74) is 2.62. The molecule has 92 valence electrons. The Balaban J connectivity index is 1.87. The van der Waals surface area contributed by atoms with Crippen LogP contribution in [-0.4, -0.2) is 18.5 Å². The van der Waals surface area contributed by atoms with Gasteiger partial charge in [0.15, 0.2) is 0 Å². The topological polar surface area (TPSA) is 26.3 Å². The van der Waals surface area contributed by atoms with Gasteiger partial charge in [0.05, 0.1) is 5.60 Å². The van der Waals surface area contributed by atoms with Crippen LogP contribution in [0.15, 0.2) is 24.3 Å². The van der Waals surface area contributed by atoms with Gasteiger partial charge in [0.25, 0.3) is 0 Å². The maximum atomic E-state index is 11.0. The van der Waals surface area contributed by atoms with Gasteiger partial charge in [0, 0.05) is 13.5 Å². The molecule has 0 bridgehead atoms. The van der Waals surface area contributed by atoms with Crippen LogP contribution in [0.4, 0.5) is 0 Å². The van der Waals surface area contributed by atoms with Crippen molar-refractivity contribution in [2.24, 2.45) is 0 Å². The second kappa shape index (κ2) is 5.01. The number of methoxy groups -OCH3 is 1. The smallest absolute Gasteiger partial charge is 0.134 e. The summed E-state index contributed by atoms with van der Waals surface area (Å²) in [6.45, 7) is 1.63. The average molecular weight is 232 g/mol. The molecule has 0 spiro atoms. The molecular weight excluding hydrogens is 212 g/mol. The van der Waals surface area contributed by atoms with E-state index in [1.807, 2.05) is 7.11 Å². The van der Waals surface area contributed by atoms with Crippen molar-refractivity contribution < 1.29 is 9.53 Å². The maximum Gasteiger partial charge on any atom is 0.134 e. The number of carbonyl (C=O) groups excluding carboxylic acids is 1. The Labute approximate surface area is 103 Å². The van der Waals surface area contributed by atoms with Crippen molar-refractivity contribution in [3.8, 4) is 0 Å². The first-order valence-corrected chi connectivity index (χ1v) is 6.26. The highest BCUT2D eigenvalue weighted by Gasteiger charge is 2.42. The van der Waals surface area contributed by atoms with E-state index in [9.17, 15) is 4.79 Å². The van der Waals surface area contributed by atoms with Gasteiger partial charge in [0.2, 0.25) is 0 Å². The molecule has 1 fully saturated rings. The van der Waals surface area contributed by atoms with E-state index in [2.05, 4.69) is 24.3 Å². The number of Topliss-reactive ketones (excluding diaryl/α,β-unsaturated/α-hetero) is 1. The molecule has 2 rings (SSSR count). The van der Waals surface area contributed by atoms with Crippen LogP contribution in [0.3, 0.4) is 0 Å². The second-order valence-electron chi connectivity index (χ2n) is 5.08. The zero-order valence-corrected chi connectivity index (χ0v) is 10.7. The number of ether oxygens (including phenoxy) is 1. The van der Waals surface area contributed by atoms with Gasteiger partial charge in [0.1, 0.15) is 5.78 Å². The first-order chi connectivity index (χ1) is 8.13. The van der Waals surface area contributed by atoms with Crippen LogP contribution in [0, 0.1) is 0 Å². The zero-order valence-electron chi connectivity index (χ0n) is 10.7. The SMILES string of the molecule is COC1(CCc2ccc(CC(C)=O)cc2)CC1. The second-order valence-corrected chi connectivity index (χ2v) is 5.08. The molecule has 0 amide bonds. The van der Waals surface area contributed by atoms with E-state index >= 15 is 0 Å². The normalized spacial score (nSPS) is 16.8. The van der Waals surface area contributed by atoms with Crippen molar-refractivity contribution in [1.29, 1.82) is 0 Å². The zero-order chi connectivity index (χ0) is 12.3. The minimum atomic E-state index is 0.179. The molecule has 0 heterocycles. The molecular formula is C15H20O2. The number of aryl methyl sites for hydroxylation is 1. The van der Waals surface area contributed by atoms with Gasteiger partial charge < -0.3 is 4.74 Å². The molecule has 0 N–H and O–H groups in total. The van der Waals surface area contributed by atoms with E-state index in [-0.39, 0.29) is 11.4 Å². The standard InChI is InChI=1S/C15H20O2/c1-12(16)11-14-5-3-13(4-6-14)7-8-15(17-2)9-10-15/h3-6H,7-11H2,1-2H3. The number of ketones is 1. The first-order valence-electron chi connectivity index (χ1n) is 6.26. The van der Waals surface area contributed by atoms with E-state index in [1.165, 1.54) is 18.4 Å². The molecule has 1 aromatic carbocycles. The summed E-state index contributed by atoms with van der Waals surface area (Å²) < 4.78 is 5.50. The molecule has 1 saturated carbocycles. The lowest BCUT2D eigenvalue weighted by Gasteiger charge is -2.12. The van der Waals surface area contributed by atoms with Crippen LogP contribution in [0.25, 0.3) is 0 Å². The van der Waals surface area contributed by atoms with Gasteiger partial charge in [-0.15, -0.1) is 0 Å². The van der Waals surface area contributed by atoms with Gasteiger partial charge in [-0.25, -0.2) is 0 Å². The molecule has 2 nitrogen and oxygen atoms in total. The largest absolute Gasteiger partial charge is 0.378 e. The van der Waals surface area contributed by atoms with E-state index in [0.29, 0.717) is 6.42 Å². The number of carbonyl (C=O) groups is 1. The van der Waals surface area contributed by atoms with Gasteiger partial charge >= 0.3 is 0 Å². The van der Waals surface area contributed by atoms with Crippen LogP contribution < -0.4 is 0 Å².